The molecule has 0 aromatic heterocycles. The van der Waals surface area contributed by atoms with E-state index in [1.165, 1.54) is 0 Å². The monoisotopic (exact) mass is 131 g/mol. The molecule has 0 radical (unpaired) electrons. The molecule has 0 rings (SSSR count). The molecule has 0 aromatic rings. The summed E-state index contributed by atoms with van der Waals surface area (Å²) in [6.45, 7) is 0. The van der Waals surface area contributed by atoms with E-state index in [1.807, 2.05) is 0 Å². The quantitative estimate of drug-likeness (QED) is 0.454. The van der Waals surface area contributed by atoms with Crippen LogP contribution in [0.1, 0.15) is 7.43 Å². The Morgan fingerprint density at radius 2 is 1.50 bits per heavy atom. The Hall–Kier alpha value is -0.501. The molecule has 37 valence electrons. The van der Waals surface area contributed by atoms with Crippen LogP contribution in [0.5, 0.6) is 0 Å². The average molecular weight is 132 g/mol. The van der Waals surface area contributed by atoms with Gasteiger partial charge in [-0.05, 0) is 0 Å². The first-order chi connectivity index (χ1) is 2.41. The molecule has 0 aliphatic carbocycles. The van der Waals surface area contributed by atoms with Crippen LogP contribution in [-0.4, -0.2) is 0 Å². The Balaban J connectivity index is 0. The SMILES string of the molecule is C.N#[C][Cu][C]#N. The standard InChI is InChI=1S/2CN.CH4.Cu/c2*1-2;;/h;;1H4;. The first-order valence-corrected chi connectivity index (χ1v) is 1.69. The summed E-state index contributed by atoms with van der Waals surface area (Å²) in [5, 5.41) is 15.1. The van der Waals surface area contributed by atoms with Crippen molar-refractivity contribution in [2.75, 3.05) is 0 Å². The van der Waals surface area contributed by atoms with Gasteiger partial charge in [0.1, 0.15) is 0 Å². The molecule has 3 heteroatoms. The molecule has 0 atom stereocenters. The van der Waals surface area contributed by atoms with Crippen LogP contribution in [0.2, 0.25) is 0 Å². The topological polar surface area (TPSA) is 47.6 Å². The molecule has 0 bridgehead atoms. The third-order valence-corrected chi connectivity index (χ3v) is 0.278. The normalized spacial score (nSPS) is 4.33. The molecular formula is C3H4CuN2. The molecule has 0 aromatic carbocycles. The van der Waals surface area contributed by atoms with Gasteiger partial charge in [-0.25, -0.2) is 0 Å². The molecular weight excluding hydrogens is 128 g/mol. The minimum atomic E-state index is 0. The molecule has 0 N–H and O–H groups in total. The fourth-order valence-electron chi connectivity index (χ4n) is 0.0151. The van der Waals surface area contributed by atoms with Crippen LogP contribution in [0, 0.1) is 20.5 Å². The van der Waals surface area contributed by atoms with Crippen molar-refractivity contribution in [1.29, 1.82) is 10.5 Å². The Morgan fingerprint density at radius 1 is 1.17 bits per heavy atom. The molecule has 0 saturated heterocycles. The second-order valence-electron chi connectivity index (χ2n) is 0.210. The van der Waals surface area contributed by atoms with Crippen LogP contribution in [0.25, 0.3) is 0 Å². The molecule has 0 heterocycles. The van der Waals surface area contributed by atoms with Gasteiger partial charge in [0, 0.05) is 0 Å². The zero-order chi connectivity index (χ0) is 4.12. The maximum absolute atomic E-state index is 7.55. The van der Waals surface area contributed by atoms with Gasteiger partial charge in [-0.3, -0.25) is 0 Å². The molecule has 0 aliphatic rings. The van der Waals surface area contributed by atoms with Gasteiger partial charge in [0.15, 0.2) is 0 Å². The summed E-state index contributed by atoms with van der Waals surface area (Å²) in [5.74, 6) is 0. The van der Waals surface area contributed by atoms with Gasteiger partial charge in [0.25, 0.3) is 0 Å². The van der Waals surface area contributed by atoms with Crippen molar-refractivity contribution in [3.63, 3.8) is 0 Å². The maximum atomic E-state index is 7.55. The van der Waals surface area contributed by atoms with Crippen molar-refractivity contribution in [3.05, 3.63) is 0 Å². The Kier molecular flexibility index (Phi) is 13.4. The summed E-state index contributed by atoms with van der Waals surface area (Å²) in [7, 11) is 0. The summed E-state index contributed by atoms with van der Waals surface area (Å²) in [5.41, 5.74) is 0. The van der Waals surface area contributed by atoms with E-state index < -0.39 is 0 Å². The third kappa shape index (κ3) is 9.72. The van der Waals surface area contributed by atoms with Crippen LogP contribution in [-0.2, 0) is 15.0 Å². The number of nitriles is 2. The third-order valence-electron chi connectivity index (χ3n) is 0.0674. The van der Waals surface area contributed by atoms with E-state index in [2.05, 4.69) is 0 Å². The van der Waals surface area contributed by atoms with Gasteiger partial charge in [-0.2, -0.15) is 0 Å². The van der Waals surface area contributed by atoms with Crippen molar-refractivity contribution >= 4 is 0 Å². The molecule has 0 saturated carbocycles. The second kappa shape index (κ2) is 8.82. The number of hydrogen-bond donors (Lipinski definition) is 0. The van der Waals surface area contributed by atoms with Gasteiger partial charge in [0.2, 0.25) is 0 Å². The van der Waals surface area contributed by atoms with Gasteiger partial charge in [-0.1, -0.05) is 7.43 Å². The van der Waals surface area contributed by atoms with E-state index in [1.54, 1.807) is 9.94 Å². The fourth-order valence-corrected chi connectivity index (χ4v) is 0.0622. The molecule has 0 amide bonds. The predicted molar refractivity (Wildman–Crippen MR) is 18.0 cm³/mol. The Morgan fingerprint density at radius 3 is 1.50 bits per heavy atom. The van der Waals surface area contributed by atoms with E-state index in [0.29, 0.717) is 15.0 Å². The second-order valence-corrected chi connectivity index (χ2v) is 0.867. The van der Waals surface area contributed by atoms with Gasteiger partial charge in [0.05, 0.1) is 0 Å². The number of nitrogens with zero attached hydrogens (tertiary/aromatic N) is 2. The number of hydrogen-bond acceptors (Lipinski definition) is 2. The predicted octanol–water partition coefficient (Wildman–Crippen LogP) is 0.667. The van der Waals surface area contributed by atoms with Crippen molar-refractivity contribution in [1.82, 2.24) is 0 Å². The summed E-state index contributed by atoms with van der Waals surface area (Å²) in [4.78, 5) is 3.12. The molecule has 0 spiro atoms. The summed E-state index contributed by atoms with van der Waals surface area (Å²) in [6, 6.07) is 0. The zero-order valence-electron chi connectivity index (χ0n) is 2.20. The molecule has 0 aliphatic heterocycles. The van der Waals surface area contributed by atoms with Crippen molar-refractivity contribution in [2.24, 2.45) is 0 Å². The van der Waals surface area contributed by atoms with Crippen molar-refractivity contribution < 1.29 is 15.0 Å². The Labute approximate surface area is 43.5 Å². The fraction of sp³-hybridized carbons (Fsp3) is 0.333. The van der Waals surface area contributed by atoms with Gasteiger partial charge in [-0.15, -0.1) is 0 Å². The van der Waals surface area contributed by atoms with E-state index in [-0.39, 0.29) is 7.43 Å². The van der Waals surface area contributed by atoms with Gasteiger partial charge < -0.3 is 0 Å². The van der Waals surface area contributed by atoms with Crippen molar-refractivity contribution in [3.8, 4) is 9.94 Å². The first-order valence-electron chi connectivity index (χ1n) is 0.749. The van der Waals surface area contributed by atoms with Crippen LogP contribution in [0.4, 0.5) is 0 Å². The van der Waals surface area contributed by atoms with Crippen LogP contribution >= 0.6 is 0 Å². The van der Waals surface area contributed by atoms with E-state index in [4.69, 9.17) is 10.5 Å². The van der Waals surface area contributed by atoms with Crippen molar-refractivity contribution in [2.45, 2.75) is 7.43 Å². The average Bonchev–Trinajstić information content (AvgIpc) is 1.41. The van der Waals surface area contributed by atoms with E-state index in [9.17, 15) is 0 Å². The van der Waals surface area contributed by atoms with Crippen LogP contribution < -0.4 is 0 Å². The number of rotatable bonds is 0. The van der Waals surface area contributed by atoms with Gasteiger partial charge >= 0.3 is 35.4 Å². The van der Waals surface area contributed by atoms with E-state index in [0.717, 1.165) is 0 Å². The van der Waals surface area contributed by atoms with Crippen LogP contribution in [0.15, 0.2) is 0 Å². The molecule has 2 nitrogen and oxygen atoms in total. The molecule has 0 unspecified atom stereocenters. The Bertz CT molecular complexity index is 73.9. The summed E-state index contributed by atoms with van der Waals surface area (Å²) in [6.07, 6.45) is 0. The first kappa shape index (κ1) is 9.09. The van der Waals surface area contributed by atoms with E-state index >= 15 is 0 Å². The summed E-state index contributed by atoms with van der Waals surface area (Å²) < 4.78 is 0. The van der Waals surface area contributed by atoms with Crippen LogP contribution in [0.3, 0.4) is 0 Å². The summed E-state index contributed by atoms with van der Waals surface area (Å²) >= 11 is 0.646. The zero-order valence-corrected chi connectivity index (χ0v) is 3.14. The molecule has 6 heavy (non-hydrogen) atoms. The molecule has 0 fully saturated rings. The minimum absolute atomic E-state index is 0.